The lowest BCUT2D eigenvalue weighted by Crippen LogP contribution is -2.47. The zero-order valence-corrected chi connectivity index (χ0v) is 21.1. The molecule has 1 aromatic carbocycles. The van der Waals surface area contributed by atoms with Crippen molar-refractivity contribution in [2.24, 2.45) is 23.2 Å². The van der Waals surface area contributed by atoms with Crippen molar-refractivity contribution in [3.8, 4) is 0 Å². The number of nitrogens with zero attached hydrogens (tertiary/aromatic N) is 2. The molecule has 2 N–H and O–H groups in total. The number of hydrogen-bond donors (Lipinski definition) is 2. The van der Waals surface area contributed by atoms with E-state index in [9.17, 15) is 19.7 Å². The third-order valence-electron chi connectivity index (χ3n) is 8.10. The molecule has 35 heavy (non-hydrogen) atoms. The van der Waals surface area contributed by atoms with Crippen molar-refractivity contribution in [2.75, 3.05) is 11.1 Å². The summed E-state index contributed by atoms with van der Waals surface area (Å²) >= 11 is 1.16. The minimum absolute atomic E-state index is 0.00372. The Hall–Kier alpha value is -2.68. The van der Waals surface area contributed by atoms with Crippen LogP contribution >= 0.6 is 11.8 Å². The summed E-state index contributed by atoms with van der Waals surface area (Å²) in [4.78, 5) is 43.9. The molecular weight excluding hydrogens is 464 g/mol. The monoisotopic (exact) mass is 496 g/mol. The second-order valence-corrected chi connectivity index (χ2v) is 11.8. The molecule has 0 aliphatic heterocycles. The SMILES string of the molecule is CCc1c(CC23CC4CC(CC(C4)C2)C3)nc(SCC(=O)Nc2ccc(C)cc2[N+](=O)[O-])[nH]c1=O. The maximum Gasteiger partial charge on any atom is 0.293 e. The van der Waals surface area contributed by atoms with E-state index in [2.05, 4.69) is 10.3 Å². The van der Waals surface area contributed by atoms with Gasteiger partial charge in [0.1, 0.15) is 5.69 Å². The number of nitro benzene ring substituents is 1. The molecule has 4 bridgehead atoms. The van der Waals surface area contributed by atoms with Gasteiger partial charge in [0, 0.05) is 11.6 Å². The Morgan fingerprint density at radius 2 is 1.89 bits per heavy atom. The molecule has 4 aliphatic carbocycles. The first-order valence-corrected chi connectivity index (χ1v) is 13.5. The van der Waals surface area contributed by atoms with Crippen molar-refractivity contribution >= 4 is 29.0 Å². The first kappa shape index (κ1) is 24.0. The minimum atomic E-state index is -0.505. The van der Waals surface area contributed by atoms with Crippen LogP contribution in [-0.2, 0) is 17.6 Å². The van der Waals surface area contributed by atoms with Crippen molar-refractivity contribution in [1.29, 1.82) is 0 Å². The summed E-state index contributed by atoms with van der Waals surface area (Å²) < 4.78 is 0. The minimum Gasteiger partial charge on any atom is -0.320 e. The molecule has 186 valence electrons. The topological polar surface area (TPSA) is 118 Å². The smallest absolute Gasteiger partial charge is 0.293 e. The van der Waals surface area contributed by atoms with Crippen molar-refractivity contribution in [1.82, 2.24) is 9.97 Å². The average molecular weight is 497 g/mol. The van der Waals surface area contributed by atoms with Gasteiger partial charge < -0.3 is 10.3 Å². The molecule has 6 rings (SSSR count). The normalized spacial score (nSPS) is 26.6. The highest BCUT2D eigenvalue weighted by Gasteiger charge is 2.51. The van der Waals surface area contributed by atoms with Crippen LogP contribution in [0.4, 0.5) is 11.4 Å². The van der Waals surface area contributed by atoms with Gasteiger partial charge in [0.25, 0.3) is 11.2 Å². The predicted molar refractivity (Wildman–Crippen MR) is 136 cm³/mol. The second-order valence-electron chi connectivity index (χ2n) is 10.9. The van der Waals surface area contributed by atoms with Gasteiger partial charge in [-0.3, -0.25) is 19.7 Å². The molecule has 9 heteroatoms. The molecule has 4 aliphatic rings. The van der Waals surface area contributed by atoms with E-state index in [0.717, 1.165) is 52.8 Å². The van der Waals surface area contributed by atoms with Crippen molar-refractivity contribution in [2.45, 2.75) is 70.4 Å². The molecule has 0 saturated heterocycles. The maximum atomic E-state index is 12.9. The second kappa shape index (κ2) is 9.41. The number of hydrogen-bond acceptors (Lipinski definition) is 6. The van der Waals surface area contributed by atoms with Gasteiger partial charge >= 0.3 is 0 Å². The Bertz CT molecular complexity index is 1190. The van der Waals surface area contributed by atoms with Gasteiger partial charge in [0.05, 0.1) is 16.4 Å². The zero-order valence-electron chi connectivity index (χ0n) is 20.3. The number of thioether (sulfide) groups is 1. The number of rotatable bonds is 8. The van der Waals surface area contributed by atoms with Crippen LogP contribution in [0.15, 0.2) is 28.2 Å². The van der Waals surface area contributed by atoms with E-state index < -0.39 is 4.92 Å². The number of amides is 1. The van der Waals surface area contributed by atoms with Crippen molar-refractivity contribution in [3.05, 3.63) is 55.5 Å². The van der Waals surface area contributed by atoms with Gasteiger partial charge in [0.15, 0.2) is 5.16 Å². The molecule has 0 radical (unpaired) electrons. The van der Waals surface area contributed by atoms with Crippen LogP contribution in [0.2, 0.25) is 0 Å². The van der Waals surface area contributed by atoms with Crippen LogP contribution in [0, 0.1) is 40.2 Å². The summed E-state index contributed by atoms with van der Waals surface area (Å²) in [7, 11) is 0. The third kappa shape index (κ3) is 5.01. The summed E-state index contributed by atoms with van der Waals surface area (Å²) in [6.45, 7) is 3.75. The number of carbonyl (C=O) groups excluding carboxylic acids is 1. The van der Waals surface area contributed by atoms with E-state index in [1.165, 1.54) is 50.7 Å². The van der Waals surface area contributed by atoms with E-state index >= 15 is 0 Å². The number of aromatic amines is 1. The van der Waals surface area contributed by atoms with Crippen LogP contribution < -0.4 is 10.9 Å². The molecule has 1 heterocycles. The van der Waals surface area contributed by atoms with E-state index in [-0.39, 0.29) is 34.0 Å². The van der Waals surface area contributed by atoms with Crippen LogP contribution in [-0.4, -0.2) is 26.6 Å². The Balaban J connectivity index is 1.30. The molecule has 0 unspecified atom stereocenters. The standard InChI is InChI=1S/C26H32N4O4S/c1-3-19-21(13-26-10-16-7-17(11-26)9-18(8-16)12-26)28-25(29-24(19)32)35-14-23(31)27-20-5-4-15(2)6-22(20)30(33)34/h4-6,16-18H,3,7-14H2,1-2H3,(H,27,31)(H,28,29,32). The van der Waals surface area contributed by atoms with E-state index in [0.29, 0.717) is 11.6 Å². The predicted octanol–water partition coefficient (Wildman–Crippen LogP) is 5.04. The summed E-state index contributed by atoms with van der Waals surface area (Å²) in [5.74, 6) is 2.10. The molecule has 1 amide bonds. The van der Waals surface area contributed by atoms with Gasteiger partial charge in [-0.1, -0.05) is 24.8 Å². The summed E-state index contributed by atoms with van der Waals surface area (Å²) in [6.07, 6.45) is 9.34. The number of carbonyl (C=O) groups is 1. The fraction of sp³-hybridized carbons (Fsp3) is 0.577. The first-order valence-electron chi connectivity index (χ1n) is 12.5. The lowest BCUT2D eigenvalue weighted by Gasteiger charge is -2.57. The van der Waals surface area contributed by atoms with Crippen LogP contribution in [0.5, 0.6) is 0 Å². The van der Waals surface area contributed by atoms with Crippen molar-refractivity contribution < 1.29 is 9.72 Å². The number of aromatic nitrogens is 2. The van der Waals surface area contributed by atoms with Gasteiger partial charge in [-0.15, -0.1) is 0 Å². The summed E-state index contributed by atoms with van der Waals surface area (Å²) in [5, 5.41) is 14.4. The fourth-order valence-corrected chi connectivity index (χ4v) is 7.86. The molecular formula is C26H32N4O4S. The number of nitrogens with one attached hydrogen (secondary N) is 2. The molecule has 1 aromatic heterocycles. The van der Waals surface area contributed by atoms with E-state index in [4.69, 9.17) is 4.98 Å². The Kier molecular flexibility index (Phi) is 6.46. The van der Waals surface area contributed by atoms with Gasteiger partial charge in [-0.25, -0.2) is 4.98 Å². The molecule has 0 atom stereocenters. The number of anilines is 1. The van der Waals surface area contributed by atoms with Crippen LogP contribution in [0.1, 0.15) is 62.3 Å². The molecule has 4 fully saturated rings. The Labute approximate surface area is 208 Å². The Morgan fingerprint density at radius 3 is 2.49 bits per heavy atom. The third-order valence-corrected chi connectivity index (χ3v) is 8.98. The highest BCUT2D eigenvalue weighted by molar-refractivity contribution is 7.99. The van der Waals surface area contributed by atoms with Crippen molar-refractivity contribution in [3.63, 3.8) is 0 Å². The van der Waals surface area contributed by atoms with Crippen LogP contribution in [0.3, 0.4) is 0 Å². The summed E-state index contributed by atoms with van der Waals surface area (Å²) in [5.41, 5.74) is 2.55. The number of H-pyrrole nitrogens is 1. The molecule has 0 spiro atoms. The largest absolute Gasteiger partial charge is 0.320 e. The fourth-order valence-electron chi connectivity index (χ4n) is 7.18. The average Bonchev–Trinajstić information content (AvgIpc) is 2.77. The van der Waals surface area contributed by atoms with E-state index in [1.54, 1.807) is 13.0 Å². The molecule has 2 aromatic rings. The van der Waals surface area contributed by atoms with Gasteiger partial charge in [-0.05, 0) is 93.1 Å². The maximum absolute atomic E-state index is 12.9. The molecule has 4 saturated carbocycles. The quantitative estimate of drug-likeness (QED) is 0.229. The highest BCUT2D eigenvalue weighted by atomic mass is 32.2. The Morgan fingerprint density at radius 1 is 1.23 bits per heavy atom. The highest BCUT2D eigenvalue weighted by Crippen LogP contribution is 2.61. The number of nitro groups is 1. The summed E-state index contributed by atoms with van der Waals surface area (Å²) in [6, 6.07) is 4.69. The lowest BCUT2D eigenvalue weighted by molar-refractivity contribution is -0.384. The zero-order chi connectivity index (χ0) is 24.7. The number of aryl methyl sites for hydroxylation is 1. The van der Waals surface area contributed by atoms with Gasteiger partial charge in [-0.2, -0.15) is 0 Å². The lowest BCUT2D eigenvalue weighted by atomic mass is 9.48. The molecule has 8 nitrogen and oxygen atoms in total. The van der Waals surface area contributed by atoms with E-state index in [1.807, 2.05) is 6.92 Å². The first-order chi connectivity index (χ1) is 16.7. The number of benzene rings is 1. The van der Waals surface area contributed by atoms with Gasteiger partial charge in [0.2, 0.25) is 5.91 Å². The van der Waals surface area contributed by atoms with Crippen LogP contribution in [0.25, 0.3) is 0 Å².